The summed E-state index contributed by atoms with van der Waals surface area (Å²) in [4.78, 5) is 14.9. The Kier molecular flexibility index (Phi) is 5.92. The molecule has 1 aliphatic carbocycles. The maximum Gasteiger partial charge on any atom is 0.256 e. The highest BCUT2D eigenvalue weighted by Crippen LogP contribution is 2.28. The van der Waals surface area contributed by atoms with Crippen LogP contribution < -0.4 is 5.32 Å². The van der Waals surface area contributed by atoms with Crippen molar-refractivity contribution in [3.8, 4) is 0 Å². The lowest BCUT2D eigenvalue weighted by molar-refractivity contribution is 0.0694. The van der Waals surface area contributed by atoms with E-state index in [1.165, 1.54) is 12.8 Å². The summed E-state index contributed by atoms with van der Waals surface area (Å²) < 4.78 is 0. The van der Waals surface area contributed by atoms with E-state index in [0.29, 0.717) is 16.6 Å². The van der Waals surface area contributed by atoms with Gasteiger partial charge < -0.3 is 10.2 Å². The molecule has 1 aromatic carbocycles. The highest BCUT2D eigenvalue weighted by atomic mass is 35.5. The SMILES string of the molecule is CCCNc1ccc(Cl)cc1C(=O)N(CC)C1CCCC1. The van der Waals surface area contributed by atoms with Crippen molar-refractivity contribution in [2.24, 2.45) is 0 Å². The number of benzene rings is 1. The van der Waals surface area contributed by atoms with Gasteiger partial charge in [-0.05, 0) is 44.4 Å². The van der Waals surface area contributed by atoms with Crippen LogP contribution in [-0.4, -0.2) is 29.9 Å². The Bertz CT molecular complexity index is 484. The van der Waals surface area contributed by atoms with Crippen LogP contribution in [-0.2, 0) is 0 Å². The summed E-state index contributed by atoms with van der Waals surface area (Å²) in [5.74, 6) is 0.102. The first kappa shape index (κ1) is 16.2. The number of carbonyl (C=O) groups is 1. The van der Waals surface area contributed by atoms with Gasteiger partial charge in [0.25, 0.3) is 5.91 Å². The van der Waals surface area contributed by atoms with Crippen molar-refractivity contribution >= 4 is 23.2 Å². The normalized spacial score (nSPS) is 15.2. The molecular formula is C17H25ClN2O. The van der Waals surface area contributed by atoms with Gasteiger partial charge in [-0.25, -0.2) is 0 Å². The van der Waals surface area contributed by atoms with Crippen LogP contribution in [0.5, 0.6) is 0 Å². The molecule has 1 aromatic rings. The summed E-state index contributed by atoms with van der Waals surface area (Å²) in [5.41, 5.74) is 1.59. The molecule has 0 aromatic heterocycles. The van der Waals surface area contributed by atoms with Gasteiger partial charge in [0.05, 0.1) is 5.56 Å². The van der Waals surface area contributed by atoms with E-state index in [9.17, 15) is 4.79 Å². The number of nitrogens with one attached hydrogen (secondary N) is 1. The van der Waals surface area contributed by atoms with Gasteiger partial charge >= 0.3 is 0 Å². The summed E-state index contributed by atoms with van der Waals surface area (Å²) in [7, 11) is 0. The maximum absolute atomic E-state index is 12.9. The number of rotatable bonds is 6. The third-order valence-electron chi connectivity index (χ3n) is 4.14. The van der Waals surface area contributed by atoms with Gasteiger partial charge in [0.2, 0.25) is 0 Å². The fraction of sp³-hybridized carbons (Fsp3) is 0.588. The van der Waals surface area contributed by atoms with Gasteiger partial charge in [0, 0.05) is 29.8 Å². The first-order chi connectivity index (χ1) is 10.2. The van der Waals surface area contributed by atoms with Crippen LogP contribution in [0.4, 0.5) is 5.69 Å². The van der Waals surface area contributed by atoms with Crippen molar-refractivity contribution in [1.29, 1.82) is 0 Å². The minimum atomic E-state index is 0.102. The van der Waals surface area contributed by atoms with E-state index in [1.807, 2.05) is 17.0 Å². The van der Waals surface area contributed by atoms with E-state index in [0.717, 1.165) is 38.0 Å². The van der Waals surface area contributed by atoms with Crippen LogP contribution in [0.25, 0.3) is 0 Å². The Labute approximate surface area is 132 Å². The monoisotopic (exact) mass is 308 g/mol. The number of nitrogens with zero attached hydrogens (tertiary/aromatic N) is 1. The molecule has 0 atom stereocenters. The highest BCUT2D eigenvalue weighted by molar-refractivity contribution is 6.31. The lowest BCUT2D eigenvalue weighted by Crippen LogP contribution is -2.39. The molecule has 2 rings (SSSR count). The van der Waals surface area contributed by atoms with Crippen LogP contribution in [0.2, 0.25) is 5.02 Å². The van der Waals surface area contributed by atoms with Crippen molar-refractivity contribution < 1.29 is 4.79 Å². The quantitative estimate of drug-likeness (QED) is 0.835. The molecule has 21 heavy (non-hydrogen) atoms. The van der Waals surface area contributed by atoms with Crippen molar-refractivity contribution in [2.75, 3.05) is 18.4 Å². The van der Waals surface area contributed by atoms with Gasteiger partial charge in [0.15, 0.2) is 0 Å². The van der Waals surface area contributed by atoms with E-state index in [1.54, 1.807) is 6.07 Å². The molecule has 4 heteroatoms. The molecule has 1 fully saturated rings. The molecular weight excluding hydrogens is 284 g/mol. The average molecular weight is 309 g/mol. The maximum atomic E-state index is 12.9. The predicted octanol–water partition coefficient (Wildman–Crippen LogP) is 4.57. The largest absolute Gasteiger partial charge is 0.384 e. The minimum absolute atomic E-state index is 0.102. The topological polar surface area (TPSA) is 32.3 Å². The Balaban J connectivity index is 2.24. The second-order valence-electron chi connectivity index (χ2n) is 5.65. The summed E-state index contributed by atoms with van der Waals surface area (Å²) in [6.45, 7) is 5.78. The highest BCUT2D eigenvalue weighted by Gasteiger charge is 2.27. The van der Waals surface area contributed by atoms with Crippen LogP contribution in [0, 0.1) is 0 Å². The van der Waals surface area contributed by atoms with Crippen molar-refractivity contribution in [3.05, 3.63) is 28.8 Å². The molecule has 0 bridgehead atoms. The number of carbonyl (C=O) groups excluding carboxylic acids is 1. The Morgan fingerprint density at radius 2 is 2.05 bits per heavy atom. The molecule has 0 unspecified atom stereocenters. The zero-order valence-corrected chi connectivity index (χ0v) is 13.7. The van der Waals surface area contributed by atoms with Crippen LogP contribution >= 0.6 is 11.6 Å². The Morgan fingerprint density at radius 3 is 2.67 bits per heavy atom. The first-order valence-corrected chi connectivity index (χ1v) is 8.39. The standard InChI is InChI=1S/C17H25ClN2O/c1-3-11-19-16-10-9-13(18)12-15(16)17(21)20(4-2)14-7-5-6-8-14/h9-10,12,14,19H,3-8,11H2,1-2H3. The molecule has 1 N–H and O–H groups in total. The molecule has 0 heterocycles. The number of halogens is 1. The predicted molar refractivity (Wildman–Crippen MR) is 89.2 cm³/mol. The number of amides is 1. The fourth-order valence-corrected chi connectivity index (χ4v) is 3.22. The molecule has 1 saturated carbocycles. The van der Waals surface area contributed by atoms with Gasteiger partial charge in [-0.1, -0.05) is 31.4 Å². The van der Waals surface area contributed by atoms with Crippen LogP contribution in [0.15, 0.2) is 18.2 Å². The second kappa shape index (κ2) is 7.69. The average Bonchev–Trinajstić information content (AvgIpc) is 3.00. The summed E-state index contributed by atoms with van der Waals surface area (Å²) in [6, 6.07) is 5.93. The third-order valence-corrected chi connectivity index (χ3v) is 4.38. The summed E-state index contributed by atoms with van der Waals surface area (Å²) >= 11 is 6.10. The zero-order chi connectivity index (χ0) is 15.2. The molecule has 1 aliphatic rings. The lowest BCUT2D eigenvalue weighted by atomic mass is 10.1. The smallest absolute Gasteiger partial charge is 0.256 e. The van der Waals surface area contributed by atoms with Crippen LogP contribution in [0.1, 0.15) is 56.3 Å². The molecule has 3 nitrogen and oxygen atoms in total. The second-order valence-corrected chi connectivity index (χ2v) is 6.08. The van der Waals surface area contributed by atoms with Crippen molar-refractivity contribution in [1.82, 2.24) is 4.90 Å². The van der Waals surface area contributed by atoms with Crippen LogP contribution in [0.3, 0.4) is 0 Å². The molecule has 0 aliphatic heterocycles. The summed E-state index contributed by atoms with van der Waals surface area (Å²) in [6.07, 6.45) is 5.72. The van der Waals surface area contributed by atoms with Crippen molar-refractivity contribution in [3.63, 3.8) is 0 Å². The number of hydrogen-bond acceptors (Lipinski definition) is 2. The fourth-order valence-electron chi connectivity index (χ4n) is 3.05. The lowest BCUT2D eigenvalue weighted by Gasteiger charge is -2.28. The van der Waals surface area contributed by atoms with Crippen molar-refractivity contribution in [2.45, 2.75) is 52.0 Å². The van der Waals surface area contributed by atoms with E-state index in [4.69, 9.17) is 11.6 Å². The molecule has 0 saturated heterocycles. The third kappa shape index (κ3) is 3.91. The van der Waals surface area contributed by atoms with E-state index in [-0.39, 0.29) is 5.91 Å². The Morgan fingerprint density at radius 1 is 1.33 bits per heavy atom. The van der Waals surface area contributed by atoms with E-state index in [2.05, 4.69) is 19.2 Å². The van der Waals surface area contributed by atoms with E-state index >= 15 is 0 Å². The van der Waals surface area contributed by atoms with Gasteiger partial charge in [-0.2, -0.15) is 0 Å². The Hall–Kier alpha value is -1.22. The number of anilines is 1. The molecule has 1 amide bonds. The van der Waals surface area contributed by atoms with Gasteiger partial charge in [0.1, 0.15) is 0 Å². The minimum Gasteiger partial charge on any atom is -0.384 e. The van der Waals surface area contributed by atoms with Gasteiger partial charge in [-0.15, -0.1) is 0 Å². The molecule has 0 spiro atoms. The zero-order valence-electron chi connectivity index (χ0n) is 13.0. The first-order valence-electron chi connectivity index (χ1n) is 8.01. The van der Waals surface area contributed by atoms with E-state index < -0.39 is 0 Å². The van der Waals surface area contributed by atoms with Gasteiger partial charge in [-0.3, -0.25) is 4.79 Å². The summed E-state index contributed by atoms with van der Waals surface area (Å²) in [5, 5.41) is 3.95. The molecule has 0 radical (unpaired) electrons. The number of hydrogen-bond donors (Lipinski definition) is 1. The molecule has 116 valence electrons.